The van der Waals surface area contributed by atoms with Crippen molar-refractivity contribution in [3.63, 3.8) is 0 Å². The lowest BCUT2D eigenvalue weighted by atomic mass is 10.1. The molecule has 0 heterocycles. The van der Waals surface area contributed by atoms with Gasteiger partial charge < -0.3 is 0 Å². The van der Waals surface area contributed by atoms with E-state index in [-0.39, 0.29) is 11.4 Å². The summed E-state index contributed by atoms with van der Waals surface area (Å²) < 4.78 is 0. The van der Waals surface area contributed by atoms with Crippen molar-refractivity contribution in [2.24, 2.45) is 0 Å². The van der Waals surface area contributed by atoms with Gasteiger partial charge in [-0.05, 0) is 33.8 Å². The van der Waals surface area contributed by atoms with E-state index in [1.54, 1.807) is 13.0 Å². The molecule has 1 amide bonds. The molecule has 11 heavy (non-hydrogen) atoms. The Labute approximate surface area is 67.8 Å². The normalized spacial score (nSPS) is 12.0. The van der Waals surface area contributed by atoms with Gasteiger partial charge in [0.25, 0.3) is 5.91 Å². The zero-order valence-corrected chi connectivity index (χ0v) is 7.56. The molecule has 0 spiro atoms. The first-order valence-electron chi connectivity index (χ1n) is 3.65. The van der Waals surface area contributed by atoms with Crippen molar-refractivity contribution < 1.29 is 4.79 Å². The molecule has 0 fully saturated rings. The Bertz CT molecular complexity index is 156. The van der Waals surface area contributed by atoms with Gasteiger partial charge in [-0.3, -0.25) is 10.2 Å². The highest BCUT2D eigenvalue weighted by atomic mass is 16.2. The van der Waals surface area contributed by atoms with Crippen molar-refractivity contribution in [1.29, 1.82) is 0 Å². The Morgan fingerprint density at radius 2 is 1.91 bits per heavy atom. The largest absolute Gasteiger partial charge is 0.287 e. The van der Waals surface area contributed by atoms with Crippen molar-refractivity contribution >= 4 is 5.91 Å². The molecule has 0 aliphatic heterocycles. The van der Waals surface area contributed by atoms with Crippen molar-refractivity contribution in [3.8, 4) is 0 Å². The van der Waals surface area contributed by atoms with E-state index in [0.717, 1.165) is 0 Å². The van der Waals surface area contributed by atoms with E-state index in [4.69, 9.17) is 0 Å². The van der Waals surface area contributed by atoms with Gasteiger partial charge in [0, 0.05) is 5.54 Å². The summed E-state index contributed by atoms with van der Waals surface area (Å²) in [6.45, 7) is 7.73. The van der Waals surface area contributed by atoms with E-state index in [1.165, 1.54) is 6.08 Å². The van der Waals surface area contributed by atoms with Crippen LogP contribution in [-0.2, 0) is 4.79 Å². The maximum atomic E-state index is 10.8. The topological polar surface area (TPSA) is 41.1 Å². The van der Waals surface area contributed by atoms with Crippen LogP contribution in [0.1, 0.15) is 27.7 Å². The first-order chi connectivity index (χ1) is 4.95. The van der Waals surface area contributed by atoms with Gasteiger partial charge in [0.05, 0.1) is 0 Å². The van der Waals surface area contributed by atoms with Crippen molar-refractivity contribution in [2.45, 2.75) is 33.2 Å². The molecule has 0 aliphatic carbocycles. The molecular formula is C8H16N2O. The van der Waals surface area contributed by atoms with Crippen LogP contribution in [0.2, 0.25) is 0 Å². The van der Waals surface area contributed by atoms with Crippen molar-refractivity contribution in [3.05, 3.63) is 12.2 Å². The smallest absolute Gasteiger partial charge is 0.257 e. The van der Waals surface area contributed by atoms with E-state index in [1.807, 2.05) is 20.8 Å². The third kappa shape index (κ3) is 7.06. The lowest BCUT2D eigenvalue weighted by Crippen LogP contribution is -2.48. The Balaban J connectivity index is 3.63. The molecule has 0 aromatic rings. The minimum Gasteiger partial charge on any atom is -0.287 e. The van der Waals surface area contributed by atoms with Crippen LogP contribution in [0.4, 0.5) is 0 Å². The van der Waals surface area contributed by atoms with Gasteiger partial charge >= 0.3 is 0 Å². The van der Waals surface area contributed by atoms with Crippen LogP contribution in [0.5, 0.6) is 0 Å². The summed E-state index contributed by atoms with van der Waals surface area (Å²) >= 11 is 0. The minimum atomic E-state index is -0.123. The number of rotatable bonds is 2. The van der Waals surface area contributed by atoms with Crippen molar-refractivity contribution in [1.82, 2.24) is 10.9 Å². The fourth-order valence-corrected chi connectivity index (χ4v) is 0.442. The third-order valence-corrected chi connectivity index (χ3v) is 0.879. The monoisotopic (exact) mass is 156 g/mol. The number of carbonyl (C=O) groups is 1. The standard InChI is InChI=1S/C8H16N2O/c1-5-6-7(11)9-10-8(2,3)4/h5-6,10H,1-4H3,(H,9,11)/b6-5+. The van der Waals surface area contributed by atoms with Crippen LogP contribution in [-0.4, -0.2) is 11.4 Å². The SMILES string of the molecule is C/C=C/C(=O)NNC(C)(C)C. The molecule has 0 saturated heterocycles. The van der Waals surface area contributed by atoms with Crippen LogP contribution >= 0.6 is 0 Å². The number of amides is 1. The second kappa shape index (κ2) is 4.13. The fourth-order valence-electron chi connectivity index (χ4n) is 0.442. The van der Waals surface area contributed by atoms with Gasteiger partial charge in [0.2, 0.25) is 0 Å². The van der Waals surface area contributed by atoms with E-state index in [9.17, 15) is 4.79 Å². The summed E-state index contributed by atoms with van der Waals surface area (Å²) in [6.07, 6.45) is 3.17. The number of hydrogen-bond acceptors (Lipinski definition) is 2. The van der Waals surface area contributed by atoms with E-state index in [0.29, 0.717) is 0 Å². The van der Waals surface area contributed by atoms with Crippen LogP contribution in [0, 0.1) is 0 Å². The summed E-state index contributed by atoms with van der Waals surface area (Å²) in [5, 5.41) is 0. The van der Waals surface area contributed by atoms with Crippen LogP contribution in [0.25, 0.3) is 0 Å². The van der Waals surface area contributed by atoms with E-state index < -0.39 is 0 Å². The molecule has 64 valence electrons. The maximum Gasteiger partial charge on any atom is 0.257 e. The maximum absolute atomic E-state index is 10.8. The second-order valence-electron chi connectivity index (χ2n) is 3.36. The van der Waals surface area contributed by atoms with Crippen LogP contribution < -0.4 is 10.9 Å². The highest BCUT2D eigenvalue weighted by molar-refractivity contribution is 5.86. The number of hydrogen-bond donors (Lipinski definition) is 2. The molecule has 3 nitrogen and oxygen atoms in total. The number of allylic oxidation sites excluding steroid dienone is 1. The molecule has 2 N–H and O–H groups in total. The Morgan fingerprint density at radius 1 is 1.36 bits per heavy atom. The quantitative estimate of drug-likeness (QED) is 0.462. The molecular weight excluding hydrogens is 140 g/mol. The van der Waals surface area contributed by atoms with E-state index in [2.05, 4.69) is 10.9 Å². The van der Waals surface area contributed by atoms with Gasteiger partial charge in [-0.1, -0.05) is 6.08 Å². The molecule has 0 unspecified atom stereocenters. The predicted molar refractivity (Wildman–Crippen MR) is 45.8 cm³/mol. The summed E-state index contributed by atoms with van der Waals surface area (Å²) in [4.78, 5) is 10.8. The van der Waals surface area contributed by atoms with Crippen LogP contribution in [0.15, 0.2) is 12.2 Å². The lowest BCUT2D eigenvalue weighted by Gasteiger charge is -2.20. The molecule has 0 atom stereocenters. The Hall–Kier alpha value is -0.830. The van der Waals surface area contributed by atoms with Gasteiger partial charge in [0.15, 0.2) is 0 Å². The summed E-state index contributed by atoms with van der Waals surface area (Å²) in [5.74, 6) is -0.123. The molecule has 0 aliphatic rings. The summed E-state index contributed by atoms with van der Waals surface area (Å²) in [5.41, 5.74) is 5.32. The lowest BCUT2D eigenvalue weighted by molar-refractivity contribution is -0.117. The average Bonchev–Trinajstić information content (AvgIpc) is 1.83. The molecule has 0 rings (SSSR count). The van der Waals surface area contributed by atoms with Crippen LogP contribution in [0.3, 0.4) is 0 Å². The average molecular weight is 156 g/mol. The number of nitrogens with one attached hydrogen (secondary N) is 2. The first-order valence-corrected chi connectivity index (χ1v) is 3.65. The predicted octanol–water partition coefficient (Wildman–Crippen LogP) is 0.982. The molecule has 0 saturated carbocycles. The minimum absolute atomic E-state index is 0.0861. The fraction of sp³-hybridized carbons (Fsp3) is 0.625. The molecule has 0 aromatic carbocycles. The molecule has 0 radical (unpaired) electrons. The second-order valence-corrected chi connectivity index (χ2v) is 3.36. The Kier molecular flexibility index (Phi) is 3.82. The Morgan fingerprint density at radius 3 is 2.27 bits per heavy atom. The zero-order valence-electron chi connectivity index (χ0n) is 7.56. The number of hydrazine groups is 1. The summed E-state index contributed by atoms with van der Waals surface area (Å²) in [7, 11) is 0. The zero-order chi connectivity index (χ0) is 8.91. The molecule has 0 bridgehead atoms. The number of carbonyl (C=O) groups excluding carboxylic acids is 1. The van der Waals surface area contributed by atoms with Gasteiger partial charge in [-0.15, -0.1) is 0 Å². The van der Waals surface area contributed by atoms with Gasteiger partial charge in [0.1, 0.15) is 0 Å². The van der Waals surface area contributed by atoms with Crippen molar-refractivity contribution in [2.75, 3.05) is 0 Å². The van der Waals surface area contributed by atoms with E-state index >= 15 is 0 Å². The van der Waals surface area contributed by atoms with Gasteiger partial charge in [-0.2, -0.15) is 0 Å². The highest BCUT2D eigenvalue weighted by Crippen LogP contribution is 1.94. The molecule has 0 aromatic heterocycles. The first kappa shape index (κ1) is 10.2. The highest BCUT2D eigenvalue weighted by Gasteiger charge is 2.08. The molecule has 3 heteroatoms. The van der Waals surface area contributed by atoms with Gasteiger partial charge in [-0.25, -0.2) is 5.43 Å². The summed E-state index contributed by atoms with van der Waals surface area (Å²) in [6, 6.07) is 0. The third-order valence-electron chi connectivity index (χ3n) is 0.879.